The second-order valence-corrected chi connectivity index (χ2v) is 8.89. The van der Waals surface area contributed by atoms with Crippen molar-refractivity contribution in [1.82, 2.24) is 10.3 Å². The minimum absolute atomic E-state index is 0.172. The second kappa shape index (κ2) is 13.2. The third kappa shape index (κ3) is 7.90. The third-order valence-corrected chi connectivity index (χ3v) is 5.89. The average Bonchev–Trinajstić information content (AvgIpc) is 3.49. The highest BCUT2D eigenvalue weighted by atomic mass is 19.4. The number of carbonyl (C=O) groups excluding carboxylic acids is 4. The number of benzene rings is 1. The summed E-state index contributed by atoms with van der Waals surface area (Å²) in [6.07, 6.45) is -5.36. The molecule has 2 aromatic rings. The van der Waals surface area contributed by atoms with Gasteiger partial charge < -0.3 is 25.6 Å². The largest absolute Gasteiger partial charge is 0.490 e. The number of halogens is 4. The van der Waals surface area contributed by atoms with E-state index in [0.717, 1.165) is 0 Å². The number of hydrogen-bond donors (Lipinski definition) is 3. The summed E-state index contributed by atoms with van der Waals surface area (Å²) < 4.78 is 56.9. The Labute approximate surface area is 235 Å². The molecule has 2 atom stereocenters. The minimum Gasteiger partial charge on any atom is -0.475 e. The van der Waals surface area contributed by atoms with Gasteiger partial charge in [-0.3, -0.25) is 24.2 Å². The molecule has 0 radical (unpaired) electrons. The van der Waals surface area contributed by atoms with Gasteiger partial charge in [0.2, 0.25) is 5.91 Å². The Balaban J connectivity index is 0.000000616. The molecule has 3 heterocycles. The molecular formula is C25H25F4N5O8. The molecule has 1 aromatic carbocycles. The summed E-state index contributed by atoms with van der Waals surface area (Å²) in [4.78, 5) is 63.0. The van der Waals surface area contributed by atoms with E-state index in [-0.39, 0.29) is 31.1 Å². The SMILES string of the molecule is CC(=O)NCC1CN(c2ccc(-c3ccc(N4CC[C@H](OC(=O)CN)C4=O)nc3)c(F)c2)C(=O)O1.O=C(O)C(F)(F)F. The number of aromatic nitrogens is 1. The van der Waals surface area contributed by atoms with E-state index in [1.807, 2.05) is 0 Å². The molecule has 2 saturated heterocycles. The topological polar surface area (TPSA) is 181 Å². The van der Waals surface area contributed by atoms with Crippen LogP contribution in [0.3, 0.4) is 0 Å². The van der Waals surface area contributed by atoms with Gasteiger partial charge in [-0.25, -0.2) is 19.0 Å². The molecule has 17 heteroatoms. The maximum Gasteiger partial charge on any atom is 0.490 e. The van der Waals surface area contributed by atoms with Crippen molar-refractivity contribution in [1.29, 1.82) is 0 Å². The maximum atomic E-state index is 15.0. The van der Waals surface area contributed by atoms with Crippen LogP contribution in [-0.2, 0) is 28.7 Å². The lowest BCUT2D eigenvalue weighted by atomic mass is 10.1. The van der Waals surface area contributed by atoms with Gasteiger partial charge in [0.25, 0.3) is 5.91 Å². The number of pyridine rings is 1. The maximum absolute atomic E-state index is 15.0. The van der Waals surface area contributed by atoms with Crippen LogP contribution in [0.4, 0.5) is 33.9 Å². The van der Waals surface area contributed by atoms with Crippen molar-refractivity contribution in [3.63, 3.8) is 0 Å². The van der Waals surface area contributed by atoms with E-state index in [4.69, 9.17) is 25.1 Å². The molecule has 4 N–H and O–H groups in total. The predicted molar refractivity (Wildman–Crippen MR) is 136 cm³/mol. The normalized spacial score (nSPS) is 18.2. The smallest absolute Gasteiger partial charge is 0.475 e. The zero-order valence-corrected chi connectivity index (χ0v) is 21.9. The van der Waals surface area contributed by atoms with Crippen LogP contribution in [0, 0.1) is 5.82 Å². The minimum atomic E-state index is -5.08. The lowest BCUT2D eigenvalue weighted by molar-refractivity contribution is -0.192. The van der Waals surface area contributed by atoms with Gasteiger partial charge in [0.15, 0.2) is 6.10 Å². The molecule has 2 aliphatic heterocycles. The van der Waals surface area contributed by atoms with Crippen LogP contribution in [-0.4, -0.2) is 84.5 Å². The lowest BCUT2D eigenvalue weighted by Crippen LogP contribution is -2.33. The van der Waals surface area contributed by atoms with Crippen molar-refractivity contribution in [2.24, 2.45) is 5.73 Å². The molecule has 226 valence electrons. The molecular weight excluding hydrogens is 574 g/mol. The molecule has 0 spiro atoms. The molecule has 1 aromatic heterocycles. The highest BCUT2D eigenvalue weighted by Crippen LogP contribution is 2.30. The standard InChI is InChI=1S/C23H24FN5O6.C2HF3O2/c1-13(30)26-11-16-12-29(23(33)34-16)15-3-4-17(18(24)8-15)14-2-5-20(27-10-14)28-7-6-19(22(28)32)35-21(31)9-25;3-2(4,5)1(6)7/h2-5,8,10,16,19H,6-7,9,11-12,25H2,1H3,(H,26,30);(H,6,7)/t16?,19-;/m0./s1. The van der Waals surface area contributed by atoms with Gasteiger partial charge in [-0.2, -0.15) is 13.2 Å². The summed E-state index contributed by atoms with van der Waals surface area (Å²) in [7, 11) is 0. The van der Waals surface area contributed by atoms with E-state index < -0.39 is 48.1 Å². The summed E-state index contributed by atoms with van der Waals surface area (Å²) in [5.74, 6) is -4.26. The molecule has 42 heavy (non-hydrogen) atoms. The van der Waals surface area contributed by atoms with Crippen molar-refractivity contribution in [3.05, 3.63) is 42.3 Å². The Kier molecular flexibility index (Phi) is 10.0. The van der Waals surface area contributed by atoms with Crippen molar-refractivity contribution in [2.75, 3.05) is 36.0 Å². The van der Waals surface area contributed by atoms with Gasteiger partial charge >= 0.3 is 24.2 Å². The number of amides is 3. The first kappa shape index (κ1) is 31.7. The summed E-state index contributed by atoms with van der Waals surface area (Å²) in [6.45, 7) is 1.73. The molecule has 4 rings (SSSR count). The van der Waals surface area contributed by atoms with E-state index in [0.29, 0.717) is 30.0 Å². The molecule has 2 fully saturated rings. The molecule has 13 nitrogen and oxygen atoms in total. The quantitative estimate of drug-likeness (QED) is 0.312. The number of ether oxygens (including phenoxy) is 2. The Bertz CT molecular complexity index is 1360. The Hall–Kier alpha value is -4.80. The zero-order valence-electron chi connectivity index (χ0n) is 21.9. The number of esters is 1. The van der Waals surface area contributed by atoms with Crippen LogP contribution in [0.25, 0.3) is 11.1 Å². The highest BCUT2D eigenvalue weighted by Gasteiger charge is 2.38. The van der Waals surface area contributed by atoms with Crippen molar-refractivity contribution in [2.45, 2.75) is 31.7 Å². The number of nitrogens with zero attached hydrogens (tertiary/aromatic N) is 3. The van der Waals surface area contributed by atoms with Crippen molar-refractivity contribution in [3.8, 4) is 11.1 Å². The van der Waals surface area contributed by atoms with Crippen molar-refractivity contribution < 1.29 is 56.1 Å². The number of cyclic esters (lactones) is 1. The summed E-state index contributed by atoms with van der Waals surface area (Å²) in [6, 6.07) is 7.55. The Morgan fingerprint density at radius 3 is 2.43 bits per heavy atom. The number of carboxylic acids is 1. The van der Waals surface area contributed by atoms with Crippen LogP contribution >= 0.6 is 0 Å². The molecule has 1 unspecified atom stereocenters. The monoisotopic (exact) mass is 599 g/mol. The van der Waals surface area contributed by atoms with E-state index in [1.165, 1.54) is 35.1 Å². The highest BCUT2D eigenvalue weighted by molar-refractivity contribution is 5.99. The van der Waals surface area contributed by atoms with E-state index in [2.05, 4.69) is 10.3 Å². The molecule has 2 aliphatic rings. The summed E-state index contributed by atoms with van der Waals surface area (Å²) in [5.41, 5.74) is 6.29. The number of nitrogens with two attached hydrogens (primary N) is 1. The van der Waals surface area contributed by atoms with Gasteiger partial charge in [0.05, 0.1) is 25.3 Å². The van der Waals surface area contributed by atoms with Gasteiger partial charge in [0.1, 0.15) is 17.7 Å². The number of anilines is 2. The third-order valence-electron chi connectivity index (χ3n) is 5.89. The average molecular weight is 599 g/mol. The summed E-state index contributed by atoms with van der Waals surface area (Å²) in [5, 5.41) is 9.71. The molecule has 0 bridgehead atoms. The fraction of sp³-hybridized carbons (Fsp3) is 0.360. The van der Waals surface area contributed by atoms with Crippen LogP contribution in [0.15, 0.2) is 36.5 Å². The number of nitrogens with one attached hydrogen (secondary N) is 1. The van der Waals surface area contributed by atoms with Gasteiger partial charge in [-0.15, -0.1) is 0 Å². The van der Waals surface area contributed by atoms with Gasteiger partial charge in [-0.1, -0.05) is 0 Å². The first-order chi connectivity index (χ1) is 19.7. The van der Waals surface area contributed by atoms with E-state index >= 15 is 0 Å². The summed E-state index contributed by atoms with van der Waals surface area (Å²) >= 11 is 0. The molecule has 3 amide bonds. The number of alkyl halides is 3. The fourth-order valence-electron chi connectivity index (χ4n) is 3.90. The molecule has 0 aliphatic carbocycles. The number of carbonyl (C=O) groups is 5. The van der Waals surface area contributed by atoms with Gasteiger partial charge in [0, 0.05) is 37.2 Å². The van der Waals surface area contributed by atoms with Crippen LogP contribution in [0.5, 0.6) is 0 Å². The number of rotatable bonds is 7. The van der Waals surface area contributed by atoms with E-state index in [1.54, 1.807) is 18.2 Å². The molecule has 0 saturated carbocycles. The first-order valence-corrected chi connectivity index (χ1v) is 12.2. The van der Waals surface area contributed by atoms with Crippen molar-refractivity contribution >= 4 is 41.4 Å². The van der Waals surface area contributed by atoms with Gasteiger partial charge in [-0.05, 0) is 30.3 Å². The first-order valence-electron chi connectivity index (χ1n) is 12.2. The zero-order chi connectivity index (χ0) is 31.2. The number of hydrogen-bond acceptors (Lipinski definition) is 9. The van der Waals surface area contributed by atoms with Crippen LogP contribution in [0.1, 0.15) is 13.3 Å². The number of carboxylic acid groups (broad SMARTS) is 1. The lowest BCUT2D eigenvalue weighted by Gasteiger charge is -2.17. The fourth-order valence-corrected chi connectivity index (χ4v) is 3.90. The predicted octanol–water partition coefficient (Wildman–Crippen LogP) is 1.59. The van der Waals surface area contributed by atoms with E-state index in [9.17, 15) is 36.7 Å². The van der Waals surface area contributed by atoms with Crippen LogP contribution in [0.2, 0.25) is 0 Å². The number of aliphatic carboxylic acids is 1. The Morgan fingerprint density at radius 2 is 1.88 bits per heavy atom. The Morgan fingerprint density at radius 1 is 1.19 bits per heavy atom. The second-order valence-electron chi connectivity index (χ2n) is 8.89. The van der Waals surface area contributed by atoms with Crippen LogP contribution < -0.4 is 20.9 Å².